The zero-order chi connectivity index (χ0) is 34.9. The van der Waals surface area contributed by atoms with Crippen LogP contribution in [-0.2, 0) is 25.2 Å². The van der Waals surface area contributed by atoms with Crippen molar-refractivity contribution in [2.45, 2.75) is 10.8 Å². The lowest BCUT2D eigenvalue weighted by Crippen LogP contribution is -2.45. The number of carbonyl (C=O) groups is 3. The molecule has 2 amide bonds. The van der Waals surface area contributed by atoms with Crippen molar-refractivity contribution >= 4 is 63.3 Å². The number of non-ortho nitro benzene ring substituents is 1. The highest BCUT2D eigenvalue weighted by atomic mass is 35.5. The number of nitro benzene ring substituents is 1. The van der Waals surface area contributed by atoms with Gasteiger partial charge in [0.1, 0.15) is 5.75 Å². The molecule has 1 saturated carbocycles. The molecule has 2 fully saturated rings. The average molecular weight is 702 g/mol. The van der Waals surface area contributed by atoms with Crippen LogP contribution in [0.1, 0.15) is 22.3 Å². The first-order chi connectivity index (χ1) is 24.2. The number of nitro groups is 1. The Morgan fingerprint density at radius 1 is 0.660 bits per heavy atom. The third-order valence-corrected chi connectivity index (χ3v) is 10.8. The smallest absolute Gasteiger partial charge is 0.273 e. The second-order valence-corrected chi connectivity index (χ2v) is 13.4. The third-order valence-electron chi connectivity index (χ3n) is 10.3. The average Bonchev–Trinajstić information content (AvgIpc) is 3.64. The van der Waals surface area contributed by atoms with E-state index < -0.39 is 39.4 Å². The van der Waals surface area contributed by atoms with Crippen molar-refractivity contribution in [1.82, 2.24) is 0 Å². The third kappa shape index (κ3) is 4.09. The maximum absolute atomic E-state index is 16.0. The van der Waals surface area contributed by atoms with Crippen LogP contribution in [0.3, 0.4) is 0 Å². The van der Waals surface area contributed by atoms with Crippen molar-refractivity contribution in [3.63, 3.8) is 0 Å². The normalized spacial score (nSPS) is 23.8. The summed E-state index contributed by atoms with van der Waals surface area (Å²) >= 11 is 12.8. The van der Waals surface area contributed by atoms with Gasteiger partial charge >= 0.3 is 0 Å². The van der Waals surface area contributed by atoms with Crippen molar-refractivity contribution < 1.29 is 24.0 Å². The summed E-state index contributed by atoms with van der Waals surface area (Å²) < 4.78 is 5.53. The lowest BCUT2D eigenvalue weighted by atomic mass is 9.59. The number of ether oxygens (including phenoxy) is 1. The molecule has 0 spiro atoms. The highest BCUT2D eigenvalue weighted by Crippen LogP contribution is 2.74. The van der Waals surface area contributed by atoms with E-state index >= 15 is 14.4 Å². The van der Waals surface area contributed by atoms with E-state index in [1.165, 1.54) is 25.3 Å². The lowest BCUT2D eigenvalue weighted by Gasteiger charge is -2.39. The summed E-state index contributed by atoms with van der Waals surface area (Å²) in [5.74, 6) is -3.98. The van der Waals surface area contributed by atoms with E-state index in [2.05, 4.69) is 0 Å². The topological polar surface area (TPSA) is 107 Å². The molecule has 3 aliphatic rings. The maximum atomic E-state index is 16.0. The predicted octanol–water partition coefficient (Wildman–Crippen LogP) is 8.10. The van der Waals surface area contributed by atoms with Crippen molar-refractivity contribution in [1.29, 1.82) is 0 Å². The van der Waals surface area contributed by atoms with E-state index in [0.29, 0.717) is 32.3 Å². The molecule has 10 heteroatoms. The van der Waals surface area contributed by atoms with Gasteiger partial charge in [0.2, 0.25) is 11.8 Å². The standard InChI is InChI=1S/C40H26Cl2N2O6/c1-50-31-22-29(44(48)49)20-21-30(31)43-36(45)34-35(37(43)46)40(26-14-18-28(42)19-15-26)33(24-10-6-3-7-11-24)32(23-8-4-2-5-9-23)39(34,38(40)47)25-12-16-27(41)17-13-25/h2-22,34-35H,1H3/t34-,35-,39+,40+/m1/s1. The van der Waals surface area contributed by atoms with Crippen LogP contribution in [0.2, 0.25) is 10.0 Å². The number of fused-ring (bicyclic) bond motifs is 5. The number of amides is 2. The molecule has 50 heavy (non-hydrogen) atoms. The number of hydrogen-bond donors (Lipinski definition) is 0. The molecule has 0 aromatic heterocycles. The van der Waals surface area contributed by atoms with Gasteiger partial charge in [-0.25, -0.2) is 4.90 Å². The van der Waals surface area contributed by atoms with E-state index in [1.54, 1.807) is 48.5 Å². The molecule has 1 heterocycles. The molecule has 2 aliphatic carbocycles. The molecular weight excluding hydrogens is 675 g/mol. The van der Waals surface area contributed by atoms with Crippen molar-refractivity contribution in [2.24, 2.45) is 11.8 Å². The number of hydrogen-bond acceptors (Lipinski definition) is 6. The van der Waals surface area contributed by atoms with Crippen LogP contribution in [0.15, 0.2) is 127 Å². The highest BCUT2D eigenvalue weighted by Gasteiger charge is 2.83. The summed E-state index contributed by atoms with van der Waals surface area (Å²) in [4.78, 5) is 58.5. The van der Waals surface area contributed by atoms with Crippen LogP contribution in [-0.4, -0.2) is 29.6 Å². The van der Waals surface area contributed by atoms with Gasteiger partial charge in [0.25, 0.3) is 5.69 Å². The molecule has 0 unspecified atom stereocenters. The second-order valence-electron chi connectivity index (χ2n) is 12.5. The van der Waals surface area contributed by atoms with Crippen LogP contribution in [0.25, 0.3) is 11.1 Å². The first kappa shape index (κ1) is 31.7. The second kappa shape index (κ2) is 11.5. The number of benzene rings is 5. The van der Waals surface area contributed by atoms with Gasteiger partial charge in [0.05, 0.1) is 46.5 Å². The van der Waals surface area contributed by atoms with Gasteiger partial charge in [-0.3, -0.25) is 24.5 Å². The van der Waals surface area contributed by atoms with Crippen LogP contribution in [0.4, 0.5) is 11.4 Å². The van der Waals surface area contributed by atoms with Crippen LogP contribution >= 0.6 is 23.2 Å². The van der Waals surface area contributed by atoms with Crippen molar-refractivity contribution in [3.8, 4) is 5.75 Å². The minimum absolute atomic E-state index is 0.0276. The fourth-order valence-corrected chi connectivity index (χ4v) is 8.81. The van der Waals surface area contributed by atoms with Gasteiger partial charge in [0.15, 0.2) is 5.78 Å². The molecule has 8 rings (SSSR count). The summed E-state index contributed by atoms with van der Waals surface area (Å²) in [7, 11) is 1.31. The number of methoxy groups -OCH3 is 1. The van der Waals surface area contributed by atoms with Gasteiger partial charge in [0, 0.05) is 16.1 Å². The number of halogens is 2. The monoisotopic (exact) mass is 700 g/mol. The summed E-state index contributed by atoms with van der Waals surface area (Å²) in [5, 5.41) is 12.5. The molecule has 0 N–H and O–H groups in total. The van der Waals surface area contributed by atoms with E-state index in [9.17, 15) is 10.1 Å². The zero-order valence-corrected chi connectivity index (χ0v) is 27.9. The Morgan fingerprint density at radius 2 is 1.10 bits per heavy atom. The predicted molar refractivity (Wildman–Crippen MR) is 190 cm³/mol. The largest absolute Gasteiger partial charge is 0.494 e. The number of nitrogens with zero attached hydrogens (tertiary/aromatic N) is 2. The van der Waals surface area contributed by atoms with Gasteiger partial charge in [-0.1, -0.05) is 108 Å². The van der Waals surface area contributed by atoms with Crippen LogP contribution in [0.5, 0.6) is 5.75 Å². The SMILES string of the molecule is COc1cc([N+](=O)[O-])ccc1N1C(=O)[C@H]2[C@H](C1=O)[C@@]1(c3ccc(Cl)cc3)C(=O)[C@@]2(c2ccc(Cl)cc2)C(c2ccccc2)=C1c1ccccc1. The number of allylic oxidation sites excluding steroid dienone is 2. The Kier molecular flexibility index (Phi) is 7.29. The number of ketones is 1. The quantitative estimate of drug-likeness (QED) is 0.0965. The summed E-state index contributed by atoms with van der Waals surface area (Å²) in [6.07, 6.45) is 0. The Balaban J connectivity index is 1.53. The Morgan fingerprint density at radius 3 is 1.50 bits per heavy atom. The van der Waals surface area contributed by atoms with Gasteiger partial charge in [-0.05, 0) is 63.7 Å². The van der Waals surface area contributed by atoms with Crippen molar-refractivity contribution in [2.75, 3.05) is 12.0 Å². The maximum Gasteiger partial charge on any atom is 0.273 e. The molecular formula is C40H26Cl2N2O6. The Bertz CT molecular complexity index is 2150. The summed E-state index contributed by atoms with van der Waals surface area (Å²) in [6, 6.07) is 36.3. The van der Waals surface area contributed by atoms with E-state index in [0.717, 1.165) is 16.0 Å². The fraction of sp³-hybridized carbons (Fsp3) is 0.125. The summed E-state index contributed by atoms with van der Waals surface area (Å²) in [6.45, 7) is 0. The summed E-state index contributed by atoms with van der Waals surface area (Å²) in [5.41, 5.74) is 0.170. The lowest BCUT2D eigenvalue weighted by molar-refractivity contribution is -0.384. The minimum atomic E-state index is -1.66. The molecule has 4 atom stereocenters. The first-order valence-corrected chi connectivity index (χ1v) is 16.6. The van der Waals surface area contributed by atoms with Crippen LogP contribution < -0.4 is 9.64 Å². The minimum Gasteiger partial charge on any atom is -0.494 e. The van der Waals surface area contributed by atoms with E-state index in [4.69, 9.17) is 27.9 Å². The highest BCUT2D eigenvalue weighted by molar-refractivity contribution is 6.39. The number of imide groups is 1. The molecule has 8 nitrogen and oxygen atoms in total. The van der Waals surface area contributed by atoms with Crippen LogP contribution in [0, 0.1) is 22.0 Å². The number of anilines is 1. The molecule has 1 aliphatic heterocycles. The fourth-order valence-electron chi connectivity index (χ4n) is 8.56. The molecule has 5 aromatic carbocycles. The first-order valence-electron chi connectivity index (χ1n) is 15.8. The Labute approximate surface area is 296 Å². The molecule has 2 bridgehead atoms. The van der Waals surface area contributed by atoms with Crippen molar-refractivity contribution in [3.05, 3.63) is 170 Å². The molecule has 0 radical (unpaired) electrons. The number of rotatable bonds is 7. The van der Waals surface area contributed by atoms with Gasteiger partial charge < -0.3 is 4.74 Å². The molecule has 246 valence electrons. The molecule has 5 aromatic rings. The number of Topliss-reactive ketones (excluding diaryl/α,β-unsaturated/α-hetero) is 1. The van der Waals surface area contributed by atoms with E-state index in [1.807, 2.05) is 60.7 Å². The van der Waals surface area contributed by atoms with E-state index in [-0.39, 0.29) is 22.9 Å². The Hall–Kier alpha value is -5.57. The number of carbonyl (C=O) groups excluding carboxylic acids is 3. The zero-order valence-electron chi connectivity index (χ0n) is 26.4. The van der Waals surface area contributed by atoms with Gasteiger partial charge in [-0.2, -0.15) is 0 Å². The molecule has 1 saturated heterocycles. The van der Waals surface area contributed by atoms with Gasteiger partial charge in [-0.15, -0.1) is 0 Å².